The maximum absolute atomic E-state index is 12.1. The molecule has 0 aromatic heterocycles. The van der Waals surface area contributed by atoms with Gasteiger partial charge in [-0.3, -0.25) is 4.79 Å². The van der Waals surface area contributed by atoms with Crippen molar-refractivity contribution in [3.05, 3.63) is 48.0 Å². The lowest BCUT2D eigenvalue weighted by molar-refractivity contribution is 0.0782. The van der Waals surface area contributed by atoms with Crippen molar-refractivity contribution in [1.82, 2.24) is 4.90 Å². The van der Waals surface area contributed by atoms with Gasteiger partial charge in [-0.1, -0.05) is 18.2 Å². The Morgan fingerprint density at radius 2 is 2.06 bits per heavy atom. The molecule has 0 unspecified atom stereocenters. The van der Waals surface area contributed by atoms with Crippen molar-refractivity contribution >= 4 is 17.7 Å². The molecule has 0 aliphatic rings. The molecule has 3 heteroatoms. The van der Waals surface area contributed by atoms with Gasteiger partial charge >= 0.3 is 0 Å². The van der Waals surface area contributed by atoms with Crippen LogP contribution in [0.15, 0.2) is 36.9 Å². The van der Waals surface area contributed by atoms with E-state index in [1.165, 1.54) is 5.56 Å². The Balaban J connectivity index is 2.77. The summed E-state index contributed by atoms with van der Waals surface area (Å²) < 4.78 is 0. The second-order valence-electron chi connectivity index (χ2n) is 3.76. The van der Waals surface area contributed by atoms with E-state index in [2.05, 4.69) is 12.8 Å². The Morgan fingerprint density at radius 3 is 2.53 bits per heavy atom. The van der Waals surface area contributed by atoms with Crippen LogP contribution >= 0.6 is 11.8 Å². The number of hydrogen-bond acceptors (Lipinski definition) is 2. The molecule has 1 aromatic rings. The average molecular weight is 249 g/mol. The van der Waals surface area contributed by atoms with Gasteiger partial charge in [-0.2, -0.15) is 11.8 Å². The Morgan fingerprint density at radius 1 is 1.41 bits per heavy atom. The topological polar surface area (TPSA) is 20.3 Å². The zero-order chi connectivity index (χ0) is 12.7. The molecular weight excluding hydrogens is 230 g/mol. The molecule has 0 heterocycles. The van der Waals surface area contributed by atoms with Crippen molar-refractivity contribution in [2.45, 2.75) is 12.7 Å². The number of carbonyl (C=O) groups is 1. The van der Waals surface area contributed by atoms with Crippen LogP contribution < -0.4 is 0 Å². The van der Waals surface area contributed by atoms with Crippen molar-refractivity contribution in [1.29, 1.82) is 0 Å². The van der Waals surface area contributed by atoms with Crippen LogP contribution in [-0.2, 0) is 5.75 Å². The molecule has 0 radical (unpaired) electrons. The fraction of sp³-hybridized carbons (Fsp3) is 0.357. The van der Waals surface area contributed by atoms with Gasteiger partial charge in [0.1, 0.15) is 0 Å². The first-order chi connectivity index (χ1) is 8.22. The fourth-order valence-corrected chi connectivity index (χ4v) is 2.13. The summed E-state index contributed by atoms with van der Waals surface area (Å²) in [6, 6.07) is 7.84. The maximum atomic E-state index is 12.1. The van der Waals surface area contributed by atoms with E-state index < -0.39 is 0 Å². The van der Waals surface area contributed by atoms with Crippen LogP contribution in [0, 0.1) is 0 Å². The Hall–Kier alpha value is -1.22. The molecule has 1 aromatic carbocycles. The first kappa shape index (κ1) is 13.8. The number of benzene rings is 1. The van der Waals surface area contributed by atoms with Crippen LogP contribution in [0.2, 0.25) is 0 Å². The summed E-state index contributed by atoms with van der Waals surface area (Å²) >= 11 is 1.78. The Labute approximate surface area is 108 Å². The second-order valence-corrected chi connectivity index (χ2v) is 4.63. The smallest absolute Gasteiger partial charge is 0.254 e. The van der Waals surface area contributed by atoms with Crippen LogP contribution in [0.1, 0.15) is 22.8 Å². The molecule has 0 N–H and O–H groups in total. The van der Waals surface area contributed by atoms with E-state index in [-0.39, 0.29) is 5.91 Å². The van der Waals surface area contributed by atoms with Gasteiger partial charge in [-0.15, -0.1) is 6.58 Å². The summed E-state index contributed by atoms with van der Waals surface area (Å²) in [6.45, 7) is 6.95. The molecule has 0 aliphatic carbocycles. The predicted molar refractivity (Wildman–Crippen MR) is 75.4 cm³/mol. The number of thioether (sulfide) groups is 1. The van der Waals surface area contributed by atoms with Crippen LogP contribution in [0.4, 0.5) is 0 Å². The van der Waals surface area contributed by atoms with Gasteiger partial charge in [0, 0.05) is 24.4 Å². The zero-order valence-electron chi connectivity index (χ0n) is 10.5. The Kier molecular flexibility index (Phi) is 5.84. The first-order valence-electron chi connectivity index (χ1n) is 5.71. The summed E-state index contributed by atoms with van der Waals surface area (Å²) in [7, 11) is 0. The van der Waals surface area contributed by atoms with E-state index in [4.69, 9.17) is 0 Å². The van der Waals surface area contributed by atoms with Crippen LogP contribution in [0.3, 0.4) is 0 Å². The molecule has 0 bridgehead atoms. The minimum absolute atomic E-state index is 0.0723. The largest absolute Gasteiger partial charge is 0.335 e. The summed E-state index contributed by atoms with van der Waals surface area (Å²) in [5, 5.41) is 0. The lowest BCUT2D eigenvalue weighted by Gasteiger charge is -2.19. The molecule has 0 spiro atoms. The highest BCUT2D eigenvalue weighted by molar-refractivity contribution is 7.97. The van der Waals surface area contributed by atoms with E-state index in [1.807, 2.05) is 31.2 Å². The minimum atomic E-state index is 0.0723. The number of rotatable bonds is 6. The molecule has 0 atom stereocenters. The third-order valence-corrected chi connectivity index (χ3v) is 3.15. The molecule has 1 rings (SSSR count). The van der Waals surface area contributed by atoms with Crippen molar-refractivity contribution in [2.24, 2.45) is 0 Å². The van der Waals surface area contributed by atoms with Gasteiger partial charge in [0.15, 0.2) is 0 Å². The number of amides is 1. The van der Waals surface area contributed by atoms with Crippen molar-refractivity contribution in [3.63, 3.8) is 0 Å². The van der Waals surface area contributed by atoms with E-state index in [1.54, 1.807) is 22.7 Å². The van der Waals surface area contributed by atoms with Gasteiger partial charge in [-0.05, 0) is 30.9 Å². The normalized spacial score (nSPS) is 10.0. The standard InChI is InChI=1S/C14H19NOS/c1-4-10-15(5-2)14(16)13-8-6-12(7-9-13)11-17-3/h4,6-9H,1,5,10-11H2,2-3H3. The highest BCUT2D eigenvalue weighted by Gasteiger charge is 2.12. The van der Waals surface area contributed by atoms with E-state index in [9.17, 15) is 4.79 Å². The summed E-state index contributed by atoms with van der Waals surface area (Å²) in [5.41, 5.74) is 2.00. The summed E-state index contributed by atoms with van der Waals surface area (Å²) in [6.07, 6.45) is 3.82. The van der Waals surface area contributed by atoms with Gasteiger partial charge in [0.2, 0.25) is 0 Å². The van der Waals surface area contributed by atoms with E-state index in [0.29, 0.717) is 13.1 Å². The number of carbonyl (C=O) groups excluding carboxylic acids is 1. The number of nitrogens with zero attached hydrogens (tertiary/aromatic N) is 1. The molecule has 0 saturated carbocycles. The minimum Gasteiger partial charge on any atom is -0.335 e. The molecule has 0 aliphatic heterocycles. The van der Waals surface area contributed by atoms with Crippen LogP contribution in [0.25, 0.3) is 0 Å². The molecule has 92 valence electrons. The zero-order valence-corrected chi connectivity index (χ0v) is 11.3. The third-order valence-electron chi connectivity index (χ3n) is 2.53. The van der Waals surface area contributed by atoms with Gasteiger partial charge in [0.25, 0.3) is 5.91 Å². The van der Waals surface area contributed by atoms with Gasteiger partial charge < -0.3 is 4.90 Å². The van der Waals surface area contributed by atoms with Crippen LogP contribution in [0.5, 0.6) is 0 Å². The molecule has 0 saturated heterocycles. The lowest BCUT2D eigenvalue weighted by Crippen LogP contribution is -2.30. The highest BCUT2D eigenvalue weighted by Crippen LogP contribution is 2.12. The van der Waals surface area contributed by atoms with Gasteiger partial charge in [0.05, 0.1) is 0 Å². The van der Waals surface area contributed by atoms with Crippen molar-refractivity contribution < 1.29 is 4.79 Å². The molecule has 17 heavy (non-hydrogen) atoms. The quantitative estimate of drug-likeness (QED) is 0.722. The van der Waals surface area contributed by atoms with E-state index in [0.717, 1.165) is 11.3 Å². The van der Waals surface area contributed by atoms with Crippen molar-refractivity contribution in [2.75, 3.05) is 19.3 Å². The molecular formula is C14H19NOS. The summed E-state index contributed by atoms with van der Waals surface area (Å²) in [5.74, 6) is 1.06. The Bertz CT molecular complexity index is 372. The number of likely N-dealkylation sites (N-methyl/N-ethyl adjacent to an activating group) is 1. The van der Waals surface area contributed by atoms with Gasteiger partial charge in [-0.25, -0.2) is 0 Å². The average Bonchev–Trinajstić information content (AvgIpc) is 2.36. The highest BCUT2D eigenvalue weighted by atomic mass is 32.2. The van der Waals surface area contributed by atoms with Crippen molar-refractivity contribution in [3.8, 4) is 0 Å². The third kappa shape index (κ3) is 3.93. The van der Waals surface area contributed by atoms with Crippen LogP contribution in [-0.4, -0.2) is 30.2 Å². The maximum Gasteiger partial charge on any atom is 0.254 e. The summed E-state index contributed by atoms with van der Waals surface area (Å²) in [4.78, 5) is 13.9. The predicted octanol–water partition coefficient (Wildman–Crippen LogP) is 3.20. The lowest BCUT2D eigenvalue weighted by atomic mass is 10.1. The monoisotopic (exact) mass is 249 g/mol. The first-order valence-corrected chi connectivity index (χ1v) is 7.10. The number of hydrogen-bond donors (Lipinski definition) is 0. The molecule has 0 fully saturated rings. The van der Waals surface area contributed by atoms with E-state index >= 15 is 0 Å². The molecule has 2 nitrogen and oxygen atoms in total. The fourth-order valence-electron chi connectivity index (χ4n) is 1.60. The second kappa shape index (κ2) is 7.17. The molecule has 1 amide bonds. The SMILES string of the molecule is C=CCN(CC)C(=O)c1ccc(CSC)cc1.